The van der Waals surface area contributed by atoms with Gasteiger partial charge in [0.1, 0.15) is 0 Å². The van der Waals surface area contributed by atoms with E-state index in [9.17, 15) is 4.79 Å². The summed E-state index contributed by atoms with van der Waals surface area (Å²) in [6.07, 6.45) is 6.72. The summed E-state index contributed by atoms with van der Waals surface area (Å²) >= 11 is 1.49. The van der Waals surface area contributed by atoms with Crippen LogP contribution < -0.4 is 0 Å². The number of nitrogens with one attached hydrogen (secondary N) is 1. The van der Waals surface area contributed by atoms with Crippen molar-refractivity contribution in [1.82, 2.24) is 24.3 Å². The van der Waals surface area contributed by atoms with E-state index in [4.69, 9.17) is 4.74 Å². The molecule has 1 N–H and O–H groups in total. The van der Waals surface area contributed by atoms with Crippen molar-refractivity contribution in [2.24, 2.45) is 0 Å². The molecule has 1 atom stereocenters. The first-order valence-electron chi connectivity index (χ1n) is 12.1. The van der Waals surface area contributed by atoms with Crippen LogP contribution in [0.2, 0.25) is 0 Å². The summed E-state index contributed by atoms with van der Waals surface area (Å²) in [5, 5.41) is 11.0. The first-order valence-corrected chi connectivity index (χ1v) is 13.0. The molecular formula is C26H29N5O2S. The number of rotatable bonds is 8. The maximum Gasteiger partial charge on any atom is 0.192 e. The highest BCUT2D eigenvalue weighted by Gasteiger charge is 2.31. The fourth-order valence-electron chi connectivity index (χ4n) is 5.04. The fourth-order valence-corrected chi connectivity index (χ4v) is 5.93. The zero-order chi connectivity index (χ0) is 23.2. The van der Waals surface area contributed by atoms with Crippen molar-refractivity contribution >= 4 is 28.4 Å². The lowest BCUT2D eigenvalue weighted by Gasteiger charge is -2.14. The molecule has 7 nitrogen and oxygen atoms in total. The maximum absolute atomic E-state index is 13.2. The standard InChI is InChI=1S/C26H29N5O2S/c1-16-12-21(17(2)30(16)14-19-6-5-11-33-19)24(32)15-34-26-29-28-25(31(26)18-9-10-18)22-13-27-23-8-4-3-7-20(22)23/h3-4,7-8,12-13,18-19,27H,5-6,9-11,14-15H2,1-2H3. The first kappa shape index (κ1) is 21.7. The molecule has 2 aliphatic rings. The highest BCUT2D eigenvalue weighted by atomic mass is 32.2. The highest BCUT2D eigenvalue weighted by molar-refractivity contribution is 7.99. The van der Waals surface area contributed by atoms with Crippen LogP contribution in [-0.4, -0.2) is 48.6 Å². The summed E-state index contributed by atoms with van der Waals surface area (Å²) < 4.78 is 10.3. The molecule has 1 saturated heterocycles. The molecule has 1 aromatic carbocycles. The Morgan fingerprint density at radius 3 is 2.85 bits per heavy atom. The number of carbonyl (C=O) groups excluding carboxylic acids is 1. The quantitative estimate of drug-likeness (QED) is 0.275. The monoisotopic (exact) mass is 475 g/mol. The van der Waals surface area contributed by atoms with E-state index in [1.54, 1.807) is 0 Å². The van der Waals surface area contributed by atoms with E-state index >= 15 is 0 Å². The lowest BCUT2D eigenvalue weighted by atomic mass is 10.1. The topological polar surface area (TPSA) is 77.7 Å². The van der Waals surface area contributed by atoms with Gasteiger partial charge in [-0.05, 0) is 51.7 Å². The molecular weight excluding hydrogens is 446 g/mol. The molecule has 6 rings (SSSR count). The number of para-hydroxylation sites is 1. The molecule has 1 aliphatic heterocycles. The van der Waals surface area contributed by atoms with Crippen LogP contribution in [-0.2, 0) is 11.3 Å². The molecule has 0 bridgehead atoms. The smallest absolute Gasteiger partial charge is 0.192 e. The molecule has 34 heavy (non-hydrogen) atoms. The van der Waals surface area contributed by atoms with Gasteiger partial charge in [0.15, 0.2) is 16.8 Å². The number of carbonyl (C=O) groups is 1. The van der Waals surface area contributed by atoms with E-state index in [1.165, 1.54) is 11.8 Å². The van der Waals surface area contributed by atoms with Gasteiger partial charge in [-0.2, -0.15) is 0 Å². The molecule has 2 fully saturated rings. The number of hydrogen-bond donors (Lipinski definition) is 1. The summed E-state index contributed by atoms with van der Waals surface area (Å²) in [6.45, 7) is 5.78. The molecule has 176 valence electrons. The fraction of sp³-hybridized carbons (Fsp3) is 0.423. The van der Waals surface area contributed by atoms with Crippen LogP contribution in [0.1, 0.15) is 53.5 Å². The van der Waals surface area contributed by atoms with Crippen LogP contribution in [0.3, 0.4) is 0 Å². The average Bonchev–Trinajstić information content (AvgIpc) is 3.20. The van der Waals surface area contributed by atoms with Gasteiger partial charge in [0, 0.05) is 58.8 Å². The van der Waals surface area contributed by atoms with Crippen molar-refractivity contribution in [3.05, 3.63) is 53.5 Å². The lowest BCUT2D eigenvalue weighted by Crippen LogP contribution is -2.17. The summed E-state index contributed by atoms with van der Waals surface area (Å²) in [6, 6.07) is 10.7. The summed E-state index contributed by atoms with van der Waals surface area (Å²) in [7, 11) is 0. The number of aromatic nitrogens is 5. The Bertz CT molecular complexity index is 1360. The predicted octanol–water partition coefficient (Wildman–Crippen LogP) is 5.33. The SMILES string of the molecule is Cc1cc(C(=O)CSc2nnc(-c3c[nH]c4ccccc34)n2C2CC2)c(C)n1CC1CCCO1. The van der Waals surface area contributed by atoms with E-state index in [0.29, 0.717) is 11.8 Å². The molecule has 1 aliphatic carbocycles. The summed E-state index contributed by atoms with van der Waals surface area (Å²) in [5.74, 6) is 1.36. The van der Waals surface area contributed by atoms with Crippen LogP contribution in [0, 0.1) is 13.8 Å². The Hall–Kier alpha value is -2.84. The predicted molar refractivity (Wildman–Crippen MR) is 134 cm³/mol. The second-order valence-corrected chi connectivity index (χ2v) is 10.3. The third kappa shape index (κ3) is 3.88. The van der Waals surface area contributed by atoms with E-state index in [1.807, 2.05) is 31.3 Å². The number of aryl methyl sites for hydroxylation is 1. The van der Waals surface area contributed by atoms with Crippen LogP contribution >= 0.6 is 11.8 Å². The molecule has 0 amide bonds. The second kappa shape index (κ2) is 8.74. The minimum absolute atomic E-state index is 0.135. The molecule has 4 heterocycles. The van der Waals surface area contributed by atoms with Gasteiger partial charge >= 0.3 is 0 Å². The summed E-state index contributed by atoms with van der Waals surface area (Å²) in [4.78, 5) is 16.6. The largest absolute Gasteiger partial charge is 0.376 e. The number of thioether (sulfide) groups is 1. The number of ketones is 1. The van der Waals surface area contributed by atoms with E-state index < -0.39 is 0 Å². The van der Waals surface area contributed by atoms with Gasteiger partial charge in [-0.1, -0.05) is 30.0 Å². The average molecular weight is 476 g/mol. The van der Waals surface area contributed by atoms with Gasteiger partial charge in [-0.25, -0.2) is 0 Å². The van der Waals surface area contributed by atoms with Gasteiger partial charge in [0.2, 0.25) is 0 Å². The second-order valence-electron chi connectivity index (χ2n) is 9.40. The van der Waals surface area contributed by atoms with E-state index in [0.717, 1.165) is 83.2 Å². The number of fused-ring (bicyclic) bond motifs is 1. The number of nitrogens with zero attached hydrogens (tertiary/aromatic N) is 4. The van der Waals surface area contributed by atoms with E-state index in [-0.39, 0.29) is 11.9 Å². The van der Waals surface area contributed by atoms with E-state index in [2.05, 4.69) is 43.4 Å². The minimum atomic E-state index is 0.135. The third-order valence-electron chi connectivity index (χ3n) is 7.02. The highest BCUT2D eigenvalue weighted by Crippen LogP contribution is 2.42. The van der Waals surface area contributed by atoms with Gasteiger partial charge in [-0.15, -0.1) is 10.2 Å². The molecule has 3 aromatic heterocycles. The molecule has 1 unspecified atom stereocenters. The Morgan fingerprint density at radius 1 is 1.21 bits per heavy atom. The van der Waals surface area contributed by atoms with Crippen molar-refractivity contribution in [3.8, 4) is 11.4 Å². The Balaban J connectivity index is 1.22. The Morgan fingerprint density at radius 2 is 2.06 bits per heavy atom. The number of H-pyrrole nitrogens is 1. The molecule has 0 spiro atoms. The van der Waals surface area contributed by atoms with Gasteiger partial charge in [0.05, 0.1) is 11.9 Å². The van der Waals surface area contributed by atoms with Crippen LogP contribution in [0.4, 0.5) is 0 Å². The zero-order valence-corrected chi connectivity index (χ0v) is 20.4. The number of hydrogen-bond acceptors (Lipinski definition) is 5. The van der Waals surface area contributed by atoms with Crippen molar-refractivity contribution < 1.29 is 9.53 Å². The summed E-state index contributed by atoms with van der Waals surface area (Å²) in [5.41, 5.74) is 5.10. The third-order valence-corrected chi connectivity index (χ3v) is 7.97. The van der Waals surface area contributed by atoms with Gasteiger partial charge < -0.3 is 14.3 Å². The van der Waals surface area contributed by atoms with Crippen LogP contribution in [0.25, 0.3) is 22.3 Å². The molecule has 1 saturated carbocycles. The maximum atomic E-state index is 13.2. The lowest BCUT2D eigenvalue weighted by molar-refractivity contribution is 0.0957. The van der Waals surface area contributed by atoms with Crippen LogP contribution in [0.15, 0.2) is 41.7 Å². The van der Waals surface area contributed by atoms with Crippen LogP contribution in [0.5, 0.6) is 0 Å². The Labute approximate surface area is 202 Å². The number of ether oxygens (including phenoxy) is 1. The first-order chi connectivity index (χ1) is 16.6. The van der Waals surface area contributed by atoms with Gasteiger partial charge in [-0.3, -0.25) is 9.36 Å². The molecule has 4 aromatic rings. The zero-order valence-electron chi connectivity index (χ0n) is 19.6. The Kier molecular flexibility index (Phi) is 5.57. The number of benzene rings is 1. The van der Waals surface area contributed by atoms with Crippen molar-refractivity contribution in [2.45, 2.75) is 63.4 Å². The molecule has 0 radical (unpaired) electrons. The van der Waals surface area contributed by atoms with Crippen molar-refractivity contribution in [2.75, 3.05) is 12.4 Å². The minimum Gasteiger partial charge on any atom is -0.376 e. The van der Waals surface area contributed by atoms with Crippen molar-refractivity contribution in [3.63, 3.8) is 0 Å². The molecule has 8 heteroatoms. The van der Waals surface area contributed by atoms with Crippen molar-refractivity contribution in [1.29, 1.82) is 0 Å². The number of aromatic amines is 1. The number of Topliss-reactive ketones (excluding diaryl/α,β-unsaturated/α-hetero) is 1. The van der Waals surface area contributed by atoms with Gasteiger partial charge in [0.25, 0.3) is 0 Å². The normalized spacial score (nSPS) is 18.2.